The summed E-state index contributed by atoms with van der Waals surface area (Å²) in [5.74, 6) is 1.14. The number of nitrogens with zero attached hydrogens (tertiary/aromatic N) is 2. The predicted molar refractivity (Wildman–Crippen MR) is 113 cm³/mol. The minimum absolute atomic E-state index is 0.319. The van der Waals surface area contributed by atoms with Crippen LogP contribution in [0.15, 0.2) is 66.7 Å². The number of rotatable bonds is 6. The van der Waals surface area contributed by atoms with Gasteiger partial charge in [-0.1, -0.05) is 48.0 Å². The van der Waals surface area contributed by atoms with Gasteiger partial charge in [-0.05, 0) is 47.5 Å². The Balaban J connectivity index is 1.83. The Morgan fingerprint density at radius 2 is 1.76 bits per heavy atom. The topological polar surface area (TPSA) is 66.0 Å². The molecule has 0 aliphatic carbocycles. The maximum absolute atomic E-state index is 9.53. The number of allylic oxidation sites excluding steroid dienone is 1. The minimum atomic E-state index is 0.319. The van der Waals surface area contributed by atoms with E-state index in [9.17, 15) is 5.26 Å². The number of hydrogen-bond donors (Lipinski definition) is 0. The molecule has 0 N–H and O–H groups in total. The summed E-state index contributed by atoms with van der Waals surface area (Å²) >= 11 is 6.17. The summed E-state index contributed by atoms with van der Waals surface area (Å²) in [6.07, 6.45) is 1.77. The van der Waals surface area contributed by atoms with E-state index in [1.54, 1.807) is 43.5 Å². The zero-order chi connectivity index (χ0) is 20.6. The van der Waals surface area contributed by atoms with Crippen LogP contribution in [0.25, 0.3) is 11.6 Å². The number of ether oxygens (including phenoxy) is 2. The highest BCUT2D eigenvalue weighted by Crippen LogP contribution is 2.31. The van der Waals surface area contributed by atoms with Gasteiger partial charge in [0.05, 0.1) is 30.4 Å². The predicted octanol–water partition coefficient (Wildman–Crippen LogP) is 5.86. The average molecular weight is 401 g/mol. The summed E-state index contributed by atoms with van der Waals surface area (Å²) in [6, 6.07) is 24.1. The van der Waals surface area contributed by atoms with Gasteiger partial charge in [-0.15, -0.1) is 0 Å². The summed E-state index contributed by atoms with van der Waals surface area (Å²) < 4.78 is 11.3. The Morgan fingerprint density at radius 3 is 2.41 bits per heavy atom. The maximum atomic E-state index is 9.53. The lowest BCUT2D eigenvalue weighted by molar-refractivity contribution is 0.284. The standard InChI is InChI=1S/C24H17ClN2O2/c1-28-24-13-18(12-21(15-27)19-9-6-17(14-26)7-10-19)8-11-23(24)29-16-20-4-2-3-5-22(20)25/h2-13H,16H2,1H3. The van der Waals surface area contributed by atoms with Gasteiger partial charge in [-0.2, -0.15) is 10.5 Å². The molecule has 0 aromatic heterocycles. The van der Waals surface area contributed by atoms with Crippen LogP contribution in [0, 0.1) is 22.7 Å². The van der Waals surface area contributed by atoms with Gasteiger partial charge in [0.15, 0.2) is 11.5 Å². The molecule has 4 nitrogen and oxygen atoms in total. The molecule has 0 unspecified atom stereocenters. The monoisotopic (exact) mass is 400 g/mol. The van der Waals surface area contributed by atoms with Crippen LogP contribution < -0.4 is 9.47 Å². The van der Waals surface area contributed by atoms with Crippen LogP contribution in [0.4, 0.5) is 0 Å². The van der Waals surface area contributed by atoms with Crippen LogP contribution >= 0.6 is 11.6 Å². The molecule has 0 fully saturated rings. The molecule has 0 saturated heterocycles. The second kappa shape index (κ2) is 9.46. The third kappa shape index (κ3) is 4.96. The molecular weight excluding hydrogens is 384 g/mol. The zero-order valence-corrected chi connectivity index (χ0v) is 16.5. The van der Waals surface area contributed by atoms with Crippen molar-refractivity contribution in [3.05, 3.63) is 94.0 Å². The van der Waals surface area contributed by atoms with Gasteiger partial charge < -0.3 is 9.47 Å². The van der Waals surface area contributed by atoms with Crippen molar-refractivity contribution < 1.29 is 9.47 Å². The molecule has 0 saturated carbocycles. The van der Waals surface area contributed by atoms with E-state index in [1.165, 1.54) is 0 Å². The quantitative estimate of drug-likeness (QED) is 0.383. The first-order chi connectivity index (χ1) is 14.1. The van der Waals surface area contributed by atoms with E-state index in [0.29, 0.717) is 34.3 Å². The van der Waals surface area contributed by atoms with Crippen LogP contribution in [-0.4, -0.2) is 7.11 Å². The summed E-state index contributed by atoms with van der Waals surface area (Å²) in [5.41, 5.74) is 3.46. The molecule has 0 radical (unpaired) electrons. The zero-order valence-electron chi connectivity index (χ0n) is 15.7. The lowest BCUT2D eigenvalue weighted by Gasteiger charge is -2.12. The van der Waals surface area contributed by atoms with Crippen LogP contribution in [0.1, 0.15) is 22.3 Å². The third-order valence-corrected chi connectivity index (χ3v) is 4.65. The highest BCUT2D eigenvalue weighted by atomic mass is 35.5. The first-order valence-corrected chi connectivity index (χ1v) is 9.19. The van der Waals surface area contributed by atoms with Gasteiger partial charge >= 0.3 is 0 Å². The molecule has 0 amide bonds. The van der Waals surface area contributed by atoms with Crippen molar-refractivity contribution in [2.24, 2.45) is 0 Å². The largest absolute Gasteiger partial charge is 0.493 e. The Kier molecular flexibility index (Phi) is 6.53. The van der Waals surface area contributed by atoms with Crippen molar-refractivity contribution in [2.75, 3.05) is 7.11 Å². The van der Waals surface area contributed by atoms with Crippen LogP contribution in [0.3, 0.4) is 0 Å². The number of hydrogen-bond acceptors (Lipinski definition) is 4. The van der Waals surface area contributed by atoms with Crippen molar-refractivity contribution in [1.29, 1.82) is 10.5 Å². The Morgan fingerprint density at radius 1 is 1.00 bits per heavy atom. The Labute approximate surface area is 174 Å². The van der Waals surface area contributed by atoms with Gasteiger partial charge in [-0.25, -0.2) is 0 Å². The van der Waals surface area contributed by atoms with Crippen molar-refractivity contribution in [1.82, 2.24) is 0 Å². The molecule has 0 aliphatic rings. The van der Waals surface area contributed by atoms with E-state index >= 15 is 0 Å². The number of halogens is 1. The van der Waals surface area contributed by atoms with E-state index in [1.807, 2.05) is 36.4 Å². The highest BCUT2D eigenvalue weighted by molar-refractivity contribution is 6.31. The molecule has 0 spiro atoms. The molecule has 5 heteroatoms. The first kappa shape index (κ1) is 20.0. The van der Waals surface area contributed by atoms with Gasteiger partial charge in [0.25, 0.3) is 0 Å². The summed E-state index contributed by atoms with van der Waals surface area (Å²) in [5, 5.41) is 19.1. The van der Waals surface area contributed by atoms with E-state index < -0.39 is 0 Å². The lowest BCUT2D eigenvalue weighted by Crippen LogP contribution is -1.98. The van der Waals surface area contributed by atoms with Crippen molar-refractivity contribution >= 4 is 23.3 Å². The minimum Gasteiger partial charge on any atom is -0.493 e. The van der Waals surface area contributed by atoms with E-state index in [2.05, 4.69) is 12.1 Å². The summed E-state index contributed by atoms with van der Waals surface area (Å²) in [4.78, 5) is 0. The van der Waals surface area contributed by atoms with Gasteiger partial charge in [0.2, 0.25) is 0 Å². The molecule has 0 aliphatic heterocycles. The lowest BCUT2D eigenvalue weighted by atomic mass is 10.0. The van der Waals surface area contributed by atoms with E-state index in [0.717, 1.165) is 16.7 Å². The molecule has 0 atom stereocenters. The second-order valence-corrected chi connectivity index (χ2v) is 6.56. The fourth-order valence-electron chi connectivity index (χ4n) is 2.74. The normalized spacial score (nSPS) is 10.7. The van der Waals surface area contributed by atoms with Crippen LogP contribution in [0.5, 0.6) is 11.5 Å². The van der Waals surface area contributed by atoms with Gasteiger partial charge in [0.1, 0.15) is 6.61 Å². The molecule has 3 rings (SSSR count). The smallest absolute Gasteiger partial charge is 0.161 e. The van der Waals surface area contributed by atoms with E-state index in [4.69, 9.17) is 26.3 Å². The molecule has 0 heterocycles. The number of methoxy groups -OCH3 is 1. The van der Waals surface area contributed by atoms with E-state index in [-0.39, 0.29) is 0 Å². The average Bonchev–Trinajstić information content (AvgIpc) is 2.77. The molecule has 3 aromatic rings. The van der Waals surface area contributed by atoms with Crippen molar-refractivity contribution in [3.63, 3.8) is 0 Å². The van der Waals surface area contributed by atoms with Crippen LogP contribution in [0.2, 0.25) is 5.02 Å². The van der Waals surface area contributed by atoms with Gasteiger partial charge in [-0.3, -0.25) is 0 Å². The Bertz CT molecular complexity index is 1120. The third-order valence-electron chi connectivity index (χ3n) is 4.29. The number of nitriles is 2. The number of benzene rings is 3. The second-order valence-electron chi connectivity index (χ2n) is 6.15. The first-order valence-electron chi connectivity index (χ1n) is 8.81. The summed E-state index contributed by atoms with van der Waals surface area (Å²) in [6.45, 7) is 0.319. The highest BCUT2D eigenvalue weighted by Gasteiger charge is 2.08. The van der Waals surface area contributed by atoms with Crippen LogP contribution in [-0.2, 0) is 6.61 Å². The molecule has 142 valence electrons. The molecule has 0 bridgehead atoms. The summed E-state index contributed by atoms with van der Waals surface area (Å²) in [7, 11) is 1.57. The van der Waals surface area contributed by atoms with Crippen molar-refractivity contribution in [3.8, 4) is 23.6 Å². The SMILES string of the molecule is COc1cc(C=C(C#N)c2ccc(C#N)cc2)ccc1OCc1ccccc1Cl. The molecular formula is C24H17ClN2O2. The fourth-order valence-corrected chi connectivity index (χ4v) is 2.93. The molecule has 3 aromatic carbocycles. The van der Waals surface area contributed by atoms with Crippen molar-refractivity contribution in [2.45, 2.75) is 6.61 Å². The Hall–Kier alpha value is -3.73. The molecule has 29 heavy (non-hydrogen) atoms. The van der Waals surface area contributed by atoms with Gasteiger partial charge in [0, 0.05) is 10.6 Å². The maximum Gasteiger partial charge on any atom is 0.161 e. The fraction of sp³-hybridized carbons (Fsp3) is 0.0833.